The summed E-state index contributed by atoms with van der Waals surface area (Å²) in [6.07, 6.45) is 7.96. The van der Waals surface area contributed by atoms with E-state index >= 15 is 0 Å². The average Bonchev–Trinajstić information content (AvgIpc) is 3.53. The Morgan fingerprint density at radius 2 is 1.77 bits per heavy atom. The minimum absolute atomic E-state index is 0.0263. The summed E-state index contributed by atoms with van der Waals surface area (Å²) in [5.74, 6) is -3.14. The lowest BCUT2D eigenvalue weighted by molar-refractivity contribution is -0.142. The van der Waals surface area contributed by atoms with Gasteiger partial charge in [-0.2, -0.15) is 0 Å². The minimum atomic E-state index is -1.28. The van der Waals surface area contributed by atoms with Crippen molar-refractivity contribution in [1.82, 2.24) is 10.2 Å². The third-order valence-electron chi connectivity index (χ3n) is 8.66. The van der Waals surface area contributed by atoms with Gasteiger partial charge in [0.2, 0.25) is 17.7 Å². The Labute approximate surface area is 227 Å². The Morgan fingerprint density at radius 3 is 2.49 bits per heavy atom. The Bertz CT molecular complexity index is 1330. The molecule has 8 heteroatoms. The van der Waals surface area contributed by atoms with Gasteiger partial charge in [-0.25, -0.2) is 4.39 Å². The third kappa shape index (κ3) is 4.44. The second-order valence-electron chi connectivity index (χ2n) is 11.5. The lowest BCUT2D eigenvalue weighted by Gasteiger charge is -2.34. The summed E-state index contributed by atoms with van der Waals surface area (Å²) < 4.78 is 21.1. The van der Waals surface area contributed by atoms with Crippen molar-refractivity contribution in [2.24, 2.45) is 11.8 Å². The van der Waals surface area contributed by atoms with Gasteiger partial charge >= 0.3 is 0 Å². The smallest absolute Gasteiger partial charge is 0.246 e. The van der Waals surface area contributed by atoms with E-state index < -0.39 is 35.4 Å². The standard InChI is InChI=1S/C31H34FN3O4/c1-18-14-19(2)16-22(15-18)34-28(36)25-24-12-13-31(39-24)26(25)30(38)35(17-20-8-6-7-11-23(20)32)27(31)29(37)33-21-9-4-3-5-10-21/h6-8,11-16,21,24-27H,3-5,9-10,17H2,1-2H3,(H,33,37)(H,34,36)/t24-,25-,26-,27+,31-/m0/s1. The quantitative estimate of drug-likeness (QED) is 0.548. The Morgan fingerprint density at radius 1 is 1.05 bits per heavy atom. The van der Waals surface area contributed by atoms with Crippen molar-refractivity contribution in [3.8, 4) is 0 Å². The predicted octanol–water partition coefficient (Wildman–Crippen LogP) is 4.18. The normalized spacial score (nSPS) is 29.5. The second kappa shape index (κ2) is 9.90. The first-order chi connectivity index (χ1) is 18.8. The number of rotatable bonds is 6. The molecule has 39 heavy (non-hydrogen) atoms. The van der Waals surface area contributed by atoms with Crippen LogP contribution in [0.2, 0.25) is 0 Å². The molecular weight excluding hydrogens is 497 g/mol. The second-order valence-corrected chi connectivity index (χ2v) is 11.5. The zero-order valence-electron chi connectivity index (χ0n) is 22.3. The summed E-state index contributed by atoms with van der Waals surface area (Å²) in [4.78, 5) is 43.1. The number of anilines is 1. The highest BCUT2D eigenvalue weighted by molar-refractivity contribution is 6.02. The zero-order chi connectivity index (χ0) is 27.3. The van der Waals surface area contributed by atoms with Gasteiger partial charge < -0.3 is 20.3 Å². The van der Waals surface area contributed by atoms with E-state index in [1.54, 1.807) is 30.4 Å². The topological polar surface area (TPSA) is 87.7 Å². The van der Waals surface area contributed by atoms with Crippen LogP contribution in [0.5, 0.6) is 0 Å². The molecule has 2 aromatic rings. The van der Waals surface area contributed by atoms with Gasteiger partial charge in [-0.1, -0.05) is 55.7 Å². The van der Waals surface area contributed by atoms with Gasteiger partial charge in [0.05, 0.1) is 17.9 Å². The fourth-order valence-corrected chi connectivity index (χ4v) is 7.05. The monoisotopic (exact) mass is 531 g/mol. The summed E-state index contributed by atoms with van der Waals surface area (Å²) in [6.45, 7) is 3.83. The molecule has 1 saturated carbocycles. The molecular formula is C31H34FN3O4. The molecule has 2 saturated heterocycles. The summed E-state index contributed by atoms with van der Waals surface area (Å²) in [6, 6.07) is 11.1. The molecule has 2 aromatic carbocycles. The van der Waals surface area contributed by atoms with E-state index in [0.717, 1.165) is 43.2 Å². The molecule has 1 aliphatic carbocycles. The van der Waals surface area contributed by atoms with E-state index in [-0.39, 0.29) is 30.3 Å². The highest BCUT2D eigenvalue weighted by Crippen LogP contribution is 2.55. The fourth-order valence-electron chi connectivity index (χ4n) is 7.05. The van der Waals surface area contributed by atoms with Crippen LogP contribution in [0.25, 0.3) is 0 Å². The van der Waals surface area contributed by atoms with Crippen molar-refractivity contribution in [3.63, 3.8) is 0 Å². The molecule has 1 spiro atoms. The Balaban J connectivity index is 1.34. The van der Waals surface area contributed by atoms with Crippen molar-refractivity contribution in [2.45, 2.75) is 76.3 Å². The van der Waals surface area contributed by atoms with Crippen LogP contribution < -0.4 is 10.6 Å². The third-order valence-corrected chi connectivity index (χ3v) is 8.66. The molecule has 6 rings (SSSR count). The van der Waals surface area contributed by atoms with Gasteiger partial charge in [0, 0.05) is 23.8 Å². The maximum Gasteiger partial charge on any atom is 0.246 e. The maximum absolute atomic E-state index is 14.7. The van der Waals surface area contributed by atoms with E-state index in [0.29, 0.717) is 11.3 Å². The van der Waals surface area contributed by atoms with Crippen LogP contribution >= 0.6 is 0 Å². The summed E-state index contributed by atoms with van der Waals surface area (Å²) in [7, 11) is 0. The van der Waals surface area contributed by atoms with Crippen LogP contribution in [0.4, 0.5) is 10.1 Å². The molecule has 3 amide bonds. The van der Waals surface area contributed by atoms with Crippen LogP contribution in [0.3, 0.4) is 0 Å². The number of fused-ring (bicyclic) bond motifs is 1. The van der Waals surface area contributed by atoms with E-state index in [2.05, 4.69) is 10.6 Å². The minimum Gasteiger partial charge on any atom is -0.359 e. The first-order valence-corrected chi connectivity index (χ1v) is 13.9. The SMILES string of the molecule is Cc1cc(C)cc(NC(=O)[C@H]2[C@@H]3C=C[C@]4(O3)[C@@H]2C(=O)N(Cc2ccccc2F)[C@@H]4C(=O)NC2CCCCC2)c1. The molecule has 0 unspecified atom stereocenters. The summed E-state index contributed by atoms with van der Waals surface area (Å²) in [5, 5.41) is 6.14. The number of nitrogens with one attached hydrogen (secondary N) is 2. The van der Waals surface area contributed by atoms with Gasteiger partial charge in [0.25, 0.3) is 0 Å². The van der Waals surface area contributed by atoms with Crippen molar-refractivity contribution < 1.29 is 23.5 Å². The molecule has 4 aliphatic rings. The molecule has 2 bridgehead atoms. The largest absolute Gasteiger partial charge is 0.359 e. The molecule has 204 valence electrons. The molecule has 0 aromatic heterocycles. The number of carbonyl (C=O) groups excluding carboxylic acids is 3. The number of carbonyl (C=O) groups is 3. The number of likely N-dealkylation sites (tertiary alicyclic amines) is 1. The number of hydrogen-bond donors (Lipinski definition) is 2. The number of benzene rings is 2. The van der Waals surface area contributed by atoms with Gasteiger partial charge in [0.15, 0.2) is 0 Å². The highest BCUT2D eigenvalue weighted by Gasteiger charge is 2.72. The number of halogens is 1. The van der Waals surface area contributed by atoms with Crippen molar-refractivity contribution in [2.75, 3.05) is 5.32 Å². The van der Waals surface area contributed by atoms with Crippen molar-refractivity contribution in [3.05, 3.63) is 77.1 Å². The molecule has 0 radical (unpaired) electrons. The first-order valence-electron chi connectivity index (χ1n) is 13.9. The van der Waals surface area contributed by atoms with Crippen LogP contribution in [-0.4, -0.2) is 46.4 Å². The zero-order valence-corrected chi connectivity index (χ0v) is 22.3. The van der Waals surface area contributed by atoms with E-state index in [4.69, 9.17) is 4.74 Å². The molecule has 2 N–H and O–H groups in total. The van der Waals surface area contributed by atoms with Crippen molar-refractivity contribution in [1.29, 1.82) is 0 Å². The highest BCUT2D eigenvalue weighted by atomic mass is 19.1. The number of nitrogens with zero attached hydrogens (tertiary/aromatic N) is 1. The van der Waals surface area contributed by atoms with Crippen LogP contribution in [0.1, 0.15) is 48.8 Å². The van der Waals surface area contributed by atoms with Gasteiger partial charge in [-0.3, -0.25) is 14.4 Å². The van der Waals surface area contributed by atoms with E-state index in [1.165, 1.54) is 11.0 Å². The number of aryl methyl sites for hydroxylation is 2. The number of ether oxygens (including phenoxy) is 1. The summed E-state index contributed by atoms with van der Waals surface area (Å²) in [5.41, 5.74) is 1.71. The molecule has 7 nitrogen and oxygen atoms in total. The lowest BCUT2D eigenvalue weighted by atomic mass is 9.74. The van der Waals surface area contributed by atoms with Crippen LogP contribution in [0, 0.1) is 31.5 Å². The van der Waals surface area contributed by atoms with Crippen LogP contribution in [-0.2, 0) is 25.7 Å². The molecule has 3 aliphatic heterocycles. The van der Waals surface area contributed by atoms with E-state index in [1.807, 2.05) is 32.0 Å². The molecule has 5 atom stereocenters. The van der Waals surface area contributed by atoms with Crippen LogP contribution in [0.15, 0.2) is 54.6 Å². The molecule has 3 fully saturated rings. The first kappa shape index (κ1) is 25.7. The number of hydrogen-bond acceptors (Lipinski definition) is 4. The summed E-state index contributed by atoms with van der Waals surface area (Å²) >= 11 is 0. The average molecular weight is 532 g/mol. The Hall–Kier alpha value is -3.52. The lowest BCUT2D eigenvalue weighted by Crippen LogP contribution is -2.56. The Kier molecular flexibility index (Phi) is 6.53. The predicted molar refractivity (Wildman–Crippen MR) is 144 cm³/mol. The van der Waals surface area contributed by atoms with Gasteiger partial charge in [-0.05, 0) is 56.0 Å². The van der Waals surface area contributed by atoms with Gasteiger partial charge in [0.1, 0.15) is 17.5 Å². The van der Waals surface area contributed by atoms with Gasteiger partial charge in [-0.15, -0.1) is 0 Å². The molecule has 3 heterocycles. The van der Waals surface area contributed by atoms with Crippen molar-refractivity contribution >= 4 is 23.4 Å². The maximum atomic E-state index is 14.7. The number of amides is 3. The fraction of sp³-hybridized carbons (Fsp3) is 0.452. The van der Waals surface area contributed by atoms with E-state index in [9.17, 15) is 18.8 Å².